The highest BCUT2D eigenvalue weighted by molar-refractivity contribution is 5.61. The Balaban J connectivity index is 2.43. The molecule has 0 aliphatic heterocycles. The van der Waals surface area contributed by atoms with E-state index in [1.807, 2.05) is 0 Å². The standard InChI is InChI=1S/C13H16N2O5/c1-17-7-6-15-12(14-20-13(15)16)9-4-5-10(18-2)11(8-9)19-3/h4-5,8H,6-7H2,1-3H3. The summed E-state index contributed by atoms with van der Waals surface area (Å²) < 4.78 is 21.5. The van der Waals surface area contributed by atoms with Crippen LogP contribution in [0.1, 0.15) is 0 Å². The van der Waals surface area contributed by atoms with Crippen LogP contribution in [0, 0.1) is 0 Å². The van der Waals surface area contributed by atoms with Gasteiger partial charge in [0, 0.05) is 12.7 Å². The van der Waals surface area contributed by atoms with Crippen LogP contribution >= 0.6 is 0 Å². The van der Waals surface area contributed by atoms with E-state index in [0.717, 1.165) is 0 Å². The van der Waals surface area contributed by atoms with Gasteiger partial charge in [-0.25, -0.2) is 4.79 Å². The van der Waals surface area contributed by atoms with Crippen LogP contribution in [0.4, 0.5) is 0 Å². The van der Waals surface area contributed by atoms with Gasteiger partial charge in [-0.3, -0.25) is 9.09 Å². The predicted molar refractivity (Wildman–Crippen MR) is 71.2 cm³/mol. The van der Waals surface area contributed by atoms with E-state index < -0.39 is 5.76 Å². The third-order valence-corrected chi connectivity index (χ3v) is 2.85. The predicted octanol–water partition coefficient (Wildman–Crippen LogP) is 1.17. The average Bonchev–Trinajstić information content (AvgIpc) is 2.85. The van der Waals surface area contributed by atoms with Gasteiger partial charge in [0.15, 0.2) is 17.3 Å². The molecule has 1 aromatic heterocycles. The minimum absolute atomic E-state index is 0.364. The lowest BCUT2D eigenvalue weighted by molar-refractivity contribution is 0.185. The summed E-state index contributed by atoms with van der Waals surface area (Å²) in [5, 5.41) is 3.79. The average molecular weight is 280 g/mol. The number of hydrogen-bond acceptors (Lipinski definition) is 6. The normalized spacial score (nSPS) is 10.6. The second-order valence-electron chi connectivity index (χ2n) is 3.99. The largest absolute Gasteiger partial charge is 0.493 e. The van der Waals surface area contributed by atoms with Crippen molar-refractivity contribution in [2.75, 3.05) is 27.9 Å². The van der Waals surface area contributed by atoms with E-state index >= 15 is 0 Å². The number of hydrogen-bond donors (Lipinski definition) is 0. The van der Waals surface area contributed by atoms with Gasteiger partial charge in [0.1, 0.15) is 0 Å². The van der Waals surface area contributed by atoms with Crippen LogP contribution in [0.15, 0.2) is 27.5 Å². The smallest absolute Gasteiger partial charge is 0.441 e. The van der Waals surface area contributed by atoms with E-state index in [4.69, 9.17) is 18.7 Å². The Kier molecular flexibility index (Phi) is 4.41. The molecule has 0 N–H and O–H groups in total. The molecule has 0 radical (unpaired) electrons. The fourth-order valence-corrected chi connectivity index (χ4v) is 1.83. The molecular weight excluding hydrogens is 264 g/mol. The van der Waals surface area contributed by atoms with Crippen molar-refractivity contribution in [3.8, 4) is 22.9 Å². The molecule has 0 saturated heterocycles. The van der Waals surface area contributed by atoms with Crippen LogP contribution in [0.5, 0.6) is 11.5 Å². The highest BCUT2D eigenvalue weighted by atomic mass is 16.5. The molecule has 1 heterocycles. The lowest BCUT2D eigenvalue weighted by atomic mass is 10.2. The van der Waals surface area contributed by atoms with E-state index in [9.17, 15) is 4.79 Å². The molecule has 0 saturated carbocycles. The zero-order chi connectivity index (χ0) is 14.5. The van der Waals surface area contributed by atoms with Crippen LogP contribution < -0.4 is 15.2 Å². The molecule has 0 aliphatic carbocycles. The lowest BCUT2D eigenvalue weighted by Crippen LogP contribution is -2.18. The van der Waals surface area contributed by atoms with Gasteiger partial charge in [-0.15, -0.1) is 0 Å². The summed E-state index contributed by atoms with van der Waals surface area (Å²) in [4.78, 5) is 11.6. The van der Waals surface area contributed by atoms with Crippen LogP contribution in [0.25, 0.3) is 11.4 Å². The minimum atomic E-state index is -0.521. The third kappa shape index (κ3) is 2.67. The van der Waals surface area contributed by atoms with Gasteiger partial charge in [0.05, 0.1) is 27.4 Å². The number of nitrogens with zero attached hydrogens (tertiary/aromatic N) is 2. The van der Waals surface area contributed by atoms with Crippen molar-refractivity contribution in [2.24, 2.45) is 0 Å². The van der Waals surface area contributed by atoms with E-state index in [0.29, 0.717) is 36.0 Å². The Morgan fingerprint density at radius 3 is 2.60 bits per heavy atom. The van der Waals surface area contributed by atoms with Gasteiger partial charge in [-0.05, 0) is 18.2 Å². The fraction of sp³-hybridized carbons (Fsp3) is 0.385. The van der Waals surface area contributed by atoms with Crippen molar-refractivity contribution in [2.45, 2.75) is 6.54 Å². The highest BCUT2D eigenvalue weighted by Gasteiger charge is 2.15. The Morgan fingerprint density at radius 1 is 1.20 bits per heavy atom. The minimum Gasteiger partial charge on any atom is -0.493 e. The van der Waals surface area contributed by atoms with Crippen molar-refractivity contribution in [3.05, 3.63) is 28.7 Å². The van der Waals surface area contributed by atoms with Crippen molar-refractivity contribution in [3.63, 3.8) is 0 Å². The summed E-state index contributed by atoms with van der Waals surface area (Å²) in [6, 6.07) is 5.26. The number of ether oxygens (including phenoxy) is 3. The Bertz CT molecular complexity index is 632. The number of rotatable bonds is 6. The summed E-state index contributed by atoms with van der Waals surface area (Å²) >= 11 is 0. The first-order chi connectivity index (χ1) is 9.71. The van der Waals surface area contributed by atoms with Crippen molar-refractivity contribution in [1.29, 1.82) is 0 Å². The molecule has 2 aromatic rings. The lowest BCUT2D eigenvalue weighted by Gasteiger charge is -2.09. The molecule has 0 spiro atoms. The van der Waals surface area contributed by atoms with E-state index in [2.05, 4.69) is 5.16 Å². The summed E-state index contributed by atoms with van der Waals surface area (Å²) in [6.07, 6.45) is 0. The molecule has 7 heteroatoms. The van der Waals surface area contributed by atoms with Crippen LogP contribution in [-0.4, -0.2) is 37.7 Å². The van der Waals surface area contributed by atoms with Crippen molar-refractivity contribution < 1.29 is 18.7 Å². The van der Waals surface area contributed by atoms with E-state index in [1.165, 1.54) is 4.57 Å². The zero-order valence-corrected chi connectivity index (χ0v) is 11.6. The molecule has 0 fully saturated rings. The molecule has 7 nitrogen and oxygen atoms in total. The first-order valence-corrected chi connectivity index (χ1v) is 5.99. The van der Waals surface area contributed by atoms with Crippen molar-refractivity contribution in [1.82, 2.24) is 9.72 Å². The van der Waals surface area contributed by atoms with Gasteiger partial charge < -0.3 is 14.2 Å². The molecule has 0 aliphatic rings. The maximum Gasteiger partial charge on any atom is 0.441 e. The molecule has 108 valence electrons. The first kappa shape index (κ1) is 14.1. The SMILES string of the molecule is COCCn1c(-c2ccc(OC)c(OC)c2)noc1=O. The zero-order valence-electron chi connectivity index (χ0n) is 11.6. The topological polar surface area (TPSA) is 75.7 Å². The van der Waals surface area contributed by atoms with E-state index in [-0.39, 0.29) is 0 Å². The monoisotopic (exact) mass is 280 g/mol. The maximum atomic E-state index is 11.6. The van der Waals surface area contributed by atoms with Crippen molar-refractivity contribution >= 4 is 0 Å². The maximum absolute atomic E-state index is 11.6. The van der Waals surface area contributed by atoms with Crippen LogP contribution in [0.2, 0.25) is 0 Å². The molecular formula is C13H16N2O5. The molecule has 1 aromatic carbocycles. The van der Waals surface area contributed by atoms with Crippen LogP contribution in [-0.2, 0) is 11.3 Å². The molecule has 0 atom stereocenters. The number of aromatic nitrogens is 2. The Labute approximate surface area is 115 Å². The van der Waals surface area contributed by atoms with Gasteiger partial charge in [-0.2, -0.15) is 0 Å². The summed E-state index contributed by atoms with van der Waals surface area (Å²) in [7, 11) is 4.67. The molecule has 0 bridgehead atoms. The Morgan fingerprint density at radius 2 is 1.95 bits per heavy atom. The van der Waals surface area contributed by atoms with Gasteiger partial charge >= 0.3 is 5.76 Å². The second kappa shape index (κ2) is 6.25. The van der Waals surface area contributed by atoms with Crippen LogP contribution in [0.3, 0.4) is 0 Å². The summed E-state index contributed by atoms with van der Waals surface area (Å²) in [5.74, 6) is 1.06. The number of methoxy groups -OCH3 is 3. The third-order valence-electron chi connectivity index (χ3n) is 2.85. The van der Waals surface area contributed by atoms with E-state index in [1.54, 1.807) is 39.5 Å². The van der Waals surface area contributed by atoms with Gasteiger partial charge in [0.2, 0.25) is 0 Å². The Hall–Kier alpha value is -2.28. The molecule has 0 unspecified atom stereocenters. The second-order valence-corrected chi connectivity index (χ2v) is 3.99. The molecule has 2 rings (SSSR count). The molecule has 20 heavy (non-hydrogen) atoms. The van der Waals surface area contributed by atoms with Gasteiger partial charge in [0.25, 0.3) is 0 Å². The fourth-order valence-electron chi connectivity index (χ4n) is 1.83. The quantitative estimate of drug-likeness (QED) is 0.790. The highest BCUT2D eigenvalue weighted by Crippen LogP contribution is 2.31. The summed E-state index contributed by atoms with van der Waals surface area (Å²) in [6.45, 7) is 0.754. The first-order valence-electron chi connectivity index (χ1n) is 5.99. The summed E-state index contributed by atoms with van der Waals surface area (Å²) in [5.41, 5.74) is 0.699. The van der Waals surface area contributed by atoms with Gasteiger partial charge in [-0.1, -0.05) is 5.16 Å². The molecule has 0 amide bonds. The number of benzene rings is 1.